The normalized spacial score (nSPS) is 19.8. The Kier molecular flexibility index (Phi) is 6.86. The maximum Gasteiger partial charge on any atom is 0.336 e. The van der Waals surface area contributed by atoms with Crippen molar-refractivity contribution in [3.05, 3.63) is 17.9 Å². The lowest BCUT2D eigenvalue weighted by Gasteiger charge is -2.39. The van der Waals surface area contributed by atoms with Gasteiger partial charge in [0.15, 0.2) is 5.82 Å². The molecule has 5 amide bonds. The molecule has 3 fully saturated rings. The summed E-state index contributed by atoms with van der Waals surface area (Å²) in [7, 11) is 0. The molecule has 0 radical (unpaired) electrons. The number of hydrogen-bond donors (Lipinski definition) is 3. The van der Waals surface area contributed by atoms with Crippen molar-refractivity contribution < 1.29 is 38.3 Å². The minimum Gasteiger partial charge on any atom is -0.389 e. The SMILES string of the molecule is C.O=C1CCN(c2n[nH]c3cc(N4CCC(O)(CC(=O)ON5C(=O)CCC5=O)CC4)c(F)cc23)C(=O)N1. The van der Waals surface area contributed by atoms with Gasteiger partial charge in [-0.25, -0.2) is 14.0 Å². The minimum absolute atomic E-state index is 0. The minimum atomic E-state index is -1.43. The Morgan fingerprint density at radius 2 is 1.76 bits per heavy atom. The van der Waals surface area contributed by atoms with Crippen LogP contribution in [0.3, 0.4) is 0 Å². The van der Waals surface area contributed by atoms with E-state index in [-0.39, 0.29) is 76.6 Å². The van der Waals surface area contributed by atoms with E-state index < -0.39 is 41.7 Å². The van der Waals surface area contributed by atoms with Gasteiger partial charge in [-0.1, -0.05) is 7.43 Å². The molecule has 3 N–H and O–H groups in total. The number of halogens is 1. The quantitative estimate of drug-likeness (QED) is 0.492. The van der Waals surface area contributed by atoms with Crippen LogP contribution in [0.4, 0.5) is 20.7 Å². The zero-order valence-electron chi connectivity index (χ0n) is 19.1. The van der Waals surface area contributed by atoms with Gasteiger partial charge >= 0.3 is 12.0 Å². The third-order valence-electron chi connectivity index (χ3n) is 6.63. The molecule has 0 bridgehead atoms. The number of aliphatic hydroxyl groups is 1. The third-order valence-corrected chi connectivity index (χ3v) is 6.63. The number of nitrogens with one attached hydrogen (secondary N) is 2. The van der Waals surface area contributed by atoms with E-state index in [0.29, 0.717) is 16.0 Å². The van der Waals surface area contributed by atoms with Gasteiger partial charge in [0, 0.05) is 44.3 Å². The fourth-order valence-corrected chi connectivity index (χ4v) is 4.63. The van der Waals surface area contributed by atoms with Crippen molar-refractivity contribution in [1.82, 2.24) is 20.6 Å². The molecule has 3 aliphatic rings. The van der Waals surface area contributed by atoms with Crippen LogP contribution in [0.2, 0.25) is 0 Å². The van der Waals surface area contributed by atoms with E-state index in [1.807, 2.05) is 0 Å². The monoisotopic (exact) mass is 518 g/mol. The van der Waals surface area contributed by atoms with E-state index in [0.717, 1.165) is 0 Å². The zero-order valence-corrected chi connectivity index (χ0v) is 19.1. The summed E-state index contributed by atoms with van der Waals surface area (Å²) in [5.41, 5.74) is -0.690. The van der Waals surface area contributed by atoms with Crippen LogP contribution < -0.4 is 15.1 Å². The van der Waals surface area contributed by atoms with Gasteiger partial charge in [0.05, 0.1) is 23.2 Å². The van der Waals surface area contributed by atoms with Crippen LogP contribution in [0.5, 0.6) is 0 Å². The molecule has 0 aliphatic carbocycles. The van der Waals surface area contributed by atoms with Gasteiger partial charge in [-0.3, -0.25) is 29.7 Å². The molecule has 5 rings (SSSR count). The van der Waals surface area contributed by atoms with Crippen molar-refractivity contribution in [3.63, 3.8) is 0 Å². The highest BCUT2D eigenvalue weighted by Crippen LogP contribution is 2.35. The van der Waals surface area contributed by atoms with Crippen LogP contribution in [0.1, 0.15) is 46.0 Å². The summed E-state index contributed by atoms with van der Waals surface area (Å²) in [6.07, 6.45) is -0.109. The second kappa shape index (κ2) is 9.76. The second-order valence-electron chi connectivity index (χ2n) is 9.08. The predicted octanol–water partition coefficient (Wildman–Crippen LogP) is 1.11. The molecule has 2 aromatic rings. The summed E-state index contributed by atoms with van der Waals surface area (Å²) in [5, 5.41) is 20.8. The number of amides is 5. The lowest BCUT2D eigenvalue weighted by atomic mass is 9.88. The smallest absolute Gasteiger partial charge is 0.336 e. The van der Waals surface area contributed by atoms with Crippen LogP contribution in [0.15, 0.2) is 12.1 Å². The molecular formula is C23H27FN6O7. The number of imide groups is 2. The highest BCUT2D eigenvalue weighted by Gasteiger charge is 2.39. The average Bonchev–Trinajstić information content (AvgIpc) is 3.36. The fourth-order valence-electron chi connectivity index (χ4n) is 4.63. The summed E-state index contributed by atoms with van der Waals surface area (Å²) in [5.74, 6) is -2.83. The fraction of sp³-hybridized carbons (Fsp3) is 0.478. The summed E-state index contributed by atoms with van der Waals surface area (Å²) in [6.45, 7) is 0.581. The Morgan fingerprint density at radius 1 is 1.08 bits per heavy atom. The number of aromatic nitrogens is 2. The molecule has 0 spiro atoms. The lowest BCUT2D eigenvalue weighted by Crippen LogP contribution is -2.49. The average molecular weight is 519 g/mol. The van der Waals surface area contributed by atoms with Crippen LogP contribution in [0.25, 0.3) is 10.9 Å². The van der Waals surface area contributed by atoms with Crippen LogP contribution >= 0.6 is 0 Å². The molecule has 4 heterocycles. The first kappa shape index (κ1) is 26.0. The molecule has 3 aliphatic heterocycles. The number of aromatic amines is 1. The number of H-pyrrole nitrogens is 1. The molecule has 37 heavy (non-hydrogen) atoms. The van der Waals surface area contributed by atoms with Crippen LogP contribution in [0, 0.1) is 5.82 Å². The van der Waals surface area contributed by atoms with Gasteiger partial charge in [-0.05, 0) is 25.0 Å². The predicted molar refractivity (Wildman–Crippen MR) is 126 cm³/mol. The maximum absolute atomic E-state index is 15.1. The zero-order chi connectivity index (χ0) is 25.6. The molecule has 0 unspecified atom stereocenters. The number of piperidine rings is 1. The Hall–Kier alpha value is -4.07. The van der Waals surface area contributed by atoms with Gasteiger partial charge in [-0.15, -0.1) is 5.06 Å². The van der Waals surface area contributed by atoms with Crippen molar-refractivity contribution in [1.29, 1.82) is 0 Å². The lowest BCUT2D eigenvalue weighted by molar-refractivity contribution is -0.200. The van der Waals surface area contributed by atoms with E-state index in [1.54, 1.807) is 11.0 Å². The van der Waals surface area contributed by atoms with E-state index in [1.165, 1.54) is 11.0 Å². The highest BCUT2D eigenvalue weighted by atomic mass is 19.1. The Morgan fingerprint density at radius 3 is 2.41 bits per heavy atom. The standard InChI is InChI=1S/C22H23FN6O7.CH4/c23-13-9-12-14(25-26-20(12)28-6-3-16(30)24-21(28)34)10-15(13)27-7-4-22(35,5-8-27)11-19(33)36-29-17(31)1-2-18(29)32;/h9-10,35H,1-8,11H2,(H,25,26)(H,24,30,34);1H4. The van der Waals surface area contributed by atoms with Gasteiger partial charge < -0.3 is 14.8 Å². The first-order chi connectivity index (χ1) is 17.1. The van der Waals surface area contributed by atoms with Gasteiger partial charge in [0.1, 0.15) is 5.82 Å². The maximum atomic E-state index is 15.1. The number of nitrogens with zero attached hydrogens (tertiary/aromatic N) is 4. The topological polar surface area (TPSA) is 165 Å². The van der Waals surface area contributed by atoms with Crippen molar-refractivity contribution in [2.24, 2.45) is 0 Å². The largest absolute Gasteiger partial charge is 0.389 e. The molecule has 198 valence electrons. The van der Waals surface area contributed by atoms with E-state index in [9.17, 15) is 29.1 Å². The number of urea groups is 1. The molecule has 1 aromatic carbocycles. The number of anilines is 2. The first-order valence-corrected chi connectivity index (χ1v) is 11.5. The van der Waals surface area contributed by atoms with Crippen LogP contribution in [-0.2, 0) is 24.0 Å². The molecule has 0 atom stereocenters. The number of carbonyl (C=O) groups excluding carboxylic acids is 5. The molecule has 13 nitrogen and oxygen atoms in total. The number of carbonyl (C=O) groups is 5. The van der Waals surface area contributed by atoms with E-state index in [2.05, 4.69) is 15.5 Å². The van der Waals surface area contributed by atoms with Crippen molar-refractivity contribution in [2.75, 3.05) is 29.4 Å². The summed E-state index contributed by atoms with van der Waals surface area (Å²) in [6, 6.07) is 2.18. The van der Waals surface area contributed by atoms with Gasteiger partial charge in [-0.2, -0.15) is 5.10 Å². The van der Waals surface area contributed by atoms with Gasteiger partial charge in [0.25, 0.3) is 11.8 Å². The molecular weight excluding hydrogens is 491 g/mol. The number of rotatable bonds is 5. The summed E-state index contributed by atoms with van der Waals surface area (Å²) >= 11 is 0. The Labute approximate surface area is 210 Å². The van der Waals surface area contributed by atoms with Crippen molar-refractivity contribution in [3.8, 4) is 0 Å². The molecule has 14 heteroatoms. The van der Waals surface area contributed by atoms with Crippen molar-refractivity contribution in [2.45, 2.75) is 51.6 Å². The van der Waals surface area contributed by atoms with E-state index >= 15 is 4.39 Å². The second-order valence-corrected chi connectivity index (χ2v) is 9.08. The Balaban J connectivity index is 0.00000320. The van der Waals surface area contributed by atoms with Crippen LogP contribution in [-0.4, -0.2) is 75.3 Å². The highest BCUT2D eigenvalue weighted by molar-refractivity contribution is 6.09. The van der Waals surface area contributed by atoms with E-state index in [4.69, 9.17) is 4.84 Å². The number of benzene rings is 1. The van der Waals surface area contributed by atoms with Crippen molar-refractivity contribution >= 4 is 52.1 Å². The number of hydroxylamine groups is 2. The molecule has 1 aromatic heterocycles. The Bertz CT molecular complexity index is 1270. The number of fused-ring (bicyclic) bond motifs is 1. The summed E-state index contributed by atoms with van der Waals surface area (Å²) < 4.78 is 15.1. The van der Waals surface area contributed by atoms with Gasteiger partial charge in [0.2, 0.25) is 5.91 Å². The molecule has 3 saturated heterocycles. The summed E-state index contributed by atoms with van der Waals surface area (Å²) in [4.78, 5) is 66.9. The third kappa shape index (κ3) is 4.96. The molecule has 0 saturated carbocycles. The number of hydrogen-bond acceptors (Lipinski definition) is 9. The first-order valence-electron chi connectivity index (χ1n) is 11.5.